The second-order valence-corrected chi connectivity index (χ2v) is 65.3. The molecule has 80 valence electrons. The van der Waals surface area contributed by atoms with Crippen molar-refractivity contribution in [1.29, 1.82) is 0 Å². The standard InChI is InChI=1S/C2H4Br8Si3/c3-11(4,1-12(5,6)7)2-13(8,9)10/h1-2H2. The minimum atomic E-state index is -1.53. The molecule has 0 nitrogen and oxygen atoms in total. The number of hydrogen-bond donors (Lipinski definition) is 0. The van der Waals surface area contributed by atoms with Crippen LogP contribution in [0, 0.1) is 0 Å². The SMILES string of the molecule is Br[Si](Br)(Br)C[Si](Br)(Br)C[Si](Br)(Br)Br. The third-order valence-electron chi connectivity index (χ3n) is 0.918. The minimum Gasteiger partial charge on any atom is -0.111 e. The Kier molecular flexibility index (Phi) is 8.88. The molecule has 11 heteroatoms. The third-order valence-corrected chi connectivity index (χ3v) is 33.5. The fourth-order valence-corrected chi connectivity index (χ4v) is 88.6. The van der Waals surface area contributed by atoms with E-state index in [1.54, 1.807) is 0 Å². The largest absolute Gasteiger partial charge is 0.266 e. The number of rotatable bonds is 4. The average molecular weight is 752 g/mol. The molecule has 0 N–H and O–H groups in total. The van der Waals surface area contributed by atoms with Crippen LogP contribution in [0.4, 0.5) is 0 Å². The van der Waals surface area contributed by atoms with Gasteiger partial charge in [-0.25, -0.2) is 0 Å². The summed E-state index contributed by atoms with van der Waals surface area (Å²) in [6, 6.07) is 0. The van der Waals surface area contributed by atoms with E-state index in [-0.39, 0.29) is 0 Å². The summed E-state index contributed by atoms with van der Waals surface area (Å²) in [6.07, 6.45) is 0. The fourth-order valence-electron chi connectivity index (χ4n) is 0.649. The van der Waals surface area contributed by atoms with Crippen LogP contribution in [-0.4, -0.2) is 13.2 Å². The fraction of sp³-hybridized carbons (Fsp3) is 1.00. The normalized spacial score (nSPS) is 14.8. The van der Waals surface area contributed by atoms with Crippen LogP contribution >= 0.6 is 122 Å². The summed E-state index contributed by atoms with van der Waals surface area (Å²) in [5.74, 6) is 0. The van der Waals surface area contributed by atoms with E-state index in [0.29, 0.717) is 0 Å². The lowest BCUT2D eigenvalue weighted by Crippen LogP contribution is -2.32. The molecular weight excluding hydrogens is 748 g/mol. The second-order valence-electron chi connectivity index (χ2n) is 2.44. The molecule has 0 radical (unpaired) electrons. The van der Waals surface area contributed by atoms with Crippen LogP contribution in [0.5, 0.6) is 0 Å². The van der Waals surface area contributed by atoms with Crippen molar-refractivity contribution in [3.05, 3.63) is 0 Å². The predicted molar refractivity (Wildman–Crippen MR) is 98.3 cm³/mol. The Morgan fingerprint density at radius 3 is 0.923 bits per heavy atom. The van der Waals surface area contributed by atoms with Gasteiger partial charge in [-0.15, -0.1) is 30.6 Å². The first kappa shape index (κ1) is 17.5. The Bertz CT molecular complexity index is 149. The topological polar surface area (TPSA) is 0 Å². The van der Waals surface area contributed by atoms with Gasteiger partial charge in [0.25, 0.3) is 7.86 Å². The molecule has 0 saturated heterocycles. The average Bonchev–Trinajstić information content (AvgIpc) is 1.43. The van der Waals surface area contributed by atoms with Gasteiger partial charge in [0, 0.05) is 0 Å². The zero-order valence-electron chi connectivity index (χ0n) is 5.94. The lowest BCUT2D eigenvalue weighted by Gasteiger charge is -2.24. The van der Waals surface area contributed by atoms with E-state index in [9.17, 15) is 0 Å². The van der Waals surface area contributed by atoms with E-state index in [1.807, 2.05) is 0 Å². The van der Waals surface area contributed by atoms with Crippen LogP contribution in [0.2, 0.25) is 11.3 Å². The van der Waals surface area contributed by atoms with E-state index < -0.39 is 13.2 Å². The van der Waals surface area contributed by atoms with Crippen molar-refractivity contribution in [2.45, 2.75) is 11.3 Å². The van der Waals surface area contributed by atoms with Gasteiger partial charge in [-0.3, -0.25) is 0 Å². The number of hydrogen-bond acceptors (Lipinski definition) is 0. The maximum Gasteiger partial charge on any atom is 0.266 e. The smallest absolute Gasteiger partial charge is 0.111 e. The van der Waals surface area contributed by atoms with Gasteiger partial charge >= 0.3 is 0 Å². The Labute approximate surface area is 144 Å². The molecular formula is C2H4Br8Si3. The highest BCUT2D eigenvalue weighted by molar-refractivity contribution is 9.73. The van der Waals surface area contributed by atoms with Gasteiger partial charge in [-0.2, -0.15) is 0 Å². The summed E-state index contributed by atoms with van der Waals surface area (Å²) < 4.78 is -3.05. The second kappa shape index (κ2) is 6.60. The minimum absolute atomic E-state index is 1.11. The van der Waals surface area contributed by atoms with Crippen molar-refractivity contribution >= 4 is 136 Å². The van der Waals surface area contributed by atoms with Gasteiger partial charge in [0.05, 0.1) is 0 Å². The summed E-state index contributed by atoms with van der Waals surface area (Å²) in [4.78, 5) is 0. The highest BCUT2D eigenvalue weighted by atomic mass is 80.0. The van der Waals surface area contributed by atoms with Gasteiger partial charge in [0.2, 0.25) is 5.31 Å². The van der Waals surface area contributed by atoms with Crippen molar-refractivity contribution < 1.29 is 0 Å². The summed E-state index contributed by atoms with van der Waals surface area (Å²) in [6.45, 7) is 0. The van der Waals surface area contributed by atoms with E-state index in [4.69, 9.17) is 0 Å². The Morgan fingerprint density at radius 1 is 0.538 bits per heavy atom. The lowest BCUT2D eigenvalue weighted by molar-refractivity contribution is 1.85. The van der Waals surface area contributed by atoms with E-state index in [0.717, 1.165) is 11.3 Å². The predicted octanol–water partition coefficient (Wildman–Crippen LogP) is 6.54. The third kappa shape index (κ3) is 12.7. The van der Waals surface area contributed by atoms with Crippen LogP contribution in [0.25, 0.3) is 0 Å². The first-order chi connectivity index (χ1) is 5.41. The Hall–Kier alpha value is 4.49. The number of halogens is 8. The van der Waals surface area contributed by atoms with Gasteiger partial charge < -0.3 is 0 Å². The Morgan fingerprint density at radius 2 is 0.769 bits per heavy atom. The molecule has 0 aromatic heterocycles. The van der Waals surface area contributed by atoms with Gasteiger partial charge in [-0.1, -0.05) is 91.8 Å². The maximum atomic E-state index is 3.80. The van der Waals surface area contributed by atoms with Crippen LogP contribution in [-0.2, 0) is 0 Å². The molecule has 0 spiro atoms. The molecule has 0 aliphatic carbocycles. The molecule has 0 aliphatic rings. The summed E-state index contributed by atoms with van der Waals surface area (Å²) in [5, 5.41) is -1.51. The van der Waals surface area contributed by atoms with Crippen LogP contribution in [0.3, 0.4) is 0 Å². The molecule has 0 aromatic rings. The maximum absolute atomic E-state index is 3.80. The van der Waals surface area contributed by atoms with E-state index in [2.05, 4.69) is 122 Å². The highest BCUT2D eigenvalue weighted by Gasteiger charge is 2.43. The van der Waals surface area contributed by atoms with Crippen LogP contribution in [0.15, 0.2) is 0 Å². The summed E-state index contributed by atoms with van der Waals surface area (Å²) in [5.41, 5.74) is 2.22. The first-order valence-electron chi connectivity index (χ1n) is 2.93. The van der Waals surface area contributed by atoms with Crippen LogP contribution in [0.1, 0.15) is 0 Å². The van der Waals surface area contributed by atoms with Gasteiger partial charge in [0.15, 0.2) is 0 Å². The highest BCUT2D eigenvalue weighted by Crippen LogP contribution is 2.47. The molecule has 0 heterocycles. The molecule has 0 atom stereocenters. The molecule has 0 aliphatic heterocycles. The molecule has 13 heavy (non-hydrogen) atoms. The molecule has 0 saturated carbocycles. The van der Waals surface area contributed by atoms with Crippen LogP contribution < -0.4 is 0 Å². The molecule has 0 bridgehead atoms. The molecule has 0 fully saturated rings. The molecule has 0 aromatic carbocycles. The van der Waals surface area contributed by atoms with Gasteiger partial charge in [0.1, 0.15) is 0 Å². The molecule has 0 amide bonds. The van der Waals surface area contributed by atoms with E-state index in [1.165, 1.54) is 0 Å². The molecule has 0 rings (SSSR count). The lowest BCUT2D eigenvalue weighted by atomic mass is 11.8. The quantitative estimate of drug-likeness (QED) is 0.226. The first-order valence-corrected chi connectivity index (χ1v) is 27.8. The van der Waals surface area contributed by atoms with Crippen molar-refractivity contribution in [3.63, 3.8) is 0 Å². The zero-order chi connectivity index (χ0) is 10.9. The summed E-state index contributed by atoms with van der Waals surface area (Å²) >= 11 is 29.4. The van der Waals surface area contributed by atoms with Gasteiger partial charge in [-0.05, 0) is 11.3 Å². The summed E-state index contributed by atoms with van der Waals surface area (Å²) in [7, 11) is 0. The Balaban J connectivity index is 4.25. The zero-order valence-corrected chi connectivity index (χ0v) is 21.6. The van der Waals surface area contributed by atoms with E-state index >= 15 is 0 Å². The van der Waals surface area contributed by atoms with Crippen molar-refractivity contribution in [1.82, 2.24) is 0 Å². The van der Waals surface area contributed by atoms with Crippen molar-refractivity contribution in [3.8, 4) is 0 Å². The van der Waals surface area contributed by atoms with Crippen molar-refractivity contribution in [2.75, 3.05) is 0 Å². The van der Waals surface area contributed by atoms with Crippen molar-refractivity contribution in [2.24, 2.45) is 0 Å². The monoisotopic (exact) mass is 743 g/mol. The molecule has 0 unspecified atom stereocenters.